The zero-order valence-electron chi connectivity index (χ0n) is 10.2. The summed E-state index contributed by atoms with van der Waals surface area (Å²) in [7, 11) is 0. The van der Waals surface area contributed by atoms with Crippen LogP contribution in [0.4, 0.5) is 0 Å². The van der Waals surface area contributed by atoms with Crippen molar-refractivity contribution in [2.45, 2.75) is 53.1 Å². The quantitative estimate of drug-likeness (QED) is 0.802. The molecule has 0 aromatic carbocycles. The highest BCUT2D eigenvalue weighted by molar-refractivity contribution is 5.02. The van der Waals surface area contributed by atoms with Crippen molar-refractivity contribution in [3.05, 3.63) is 17.7 Å². The van der Waals surface area contributed by atoms with Crippen molar-refractivity contribution >= 4 is 0 Å². The summed E-state index contributed by atoms with van der Waals surface area (Å²) >= 11 is 0. The summed E-state index contributed by atoms with van der Waals surface area (Å²) in [6.45, 7) is 8.47. The Kier molecular flexibility index (Phi) is 3.91. The van der Waals surface area contributed by atoms with Gasteiger partial charge in [-0.3, -0.25) is 0 Å². The molecular weight excluding hydrogens is 188 g/mol. The molecular formula is C12H22N2O. The molecule has 0 fully saturated rings. The average Bonchev–Trinajstić information content (AvgIpc) is 2.50. The molecule has 0 aliphatic rings. The maximum atomic E-state index is 9.30. The Labute approximate surface area is 91.9 Å². The molecule has 1 aromatic heterocycles. The summed E-state index contributed by atoms with van der Waals surface area (Å²) in [5, 5.41) is 9.30. The van der Waals surface area contributed by atoms with Crippen molar-refractivity contribution < 1.29 is 5.11 Å². The van der Waals surface area contributed by atoms with Crippen molar-refractivity contribution in [2.75, 3.05) is 0 Å². The van der Waals surface area contributed by atoms with Gasteiger partial charge < -0.3 is 10.1 Å². The van der Waals surface area contributed by atoms with Gasteiger partial charge in [0, 0.05) is 6.20 Å². The Bertz CT molecular complexity index is 297. The van der Waals surface area contributed by atoms with E-state index in [1.54, 1.807) is 6.92 Å². The minimum atomic E-state index is -0.499. The van der Waals surface area contributed by atoms with E-state index in [4.69, 9.17) is 0 Å². The lowest BCUT2D eigenvalue weighted by Crippen LogP contribution is -2.05. The smallest absolute Gasteiger partial charge is 0.135 e. The molecule has 3 nitrogen and oxygen atoms in total. The lowest BCUT2D eigenvalue weighted by Gasteiger charge is -2.16. The van der Waals surface area contributed by atoms with E-state index in [1.807, 2.05) is 6.20 Å². The minimum Gasteiger partial charge on any atom is -0.385 e. The molecule has 2 N–H and O–H groups in total. The van der Waals surface area contributed by atoms with Gasteiger partial charge in [0.05, 0.1) is 5.69 Å². The van der Waals surface area contributed by atoms with Crippen molar-refractivity contribution in [1.82, 2.24) is 9.97 Å². The normalized spacial score (nSPS) is 14.2. The Hall–Kier alpha value is -0.830. The molecule has 0 bridgehead atoms. The van der Waals surface area contributed by atoms with E-state index in [2.05, 4.69) is 30.7 Å². The molecule has 1 rings (SSSR count). The van der Waals surface area contributed by atoms with Crippen molar-refractivity contribution in [1.29, 1.82) is 0 Å². The van der Waals surface area contributed by atoms with E-state index in [9.17, 15) is 5.11 Å². The second kappa shape index (κ2) is 4.79. The number of aryl methyl sites for hydroxylation is 1. The monoisotopic (exact) mass is 210 g/mol. The minimum absolute atomic E-state index is 0.392. The molecule has 3 heteroatoms. The van der Waals surface area contributed by atoms with Gasteiger partial charge in [0.15, 0.2) is 0 Å². The van der Waals surface area contributed by atoms with Crippen LogP contribution in [0.3, 0.4) is 0 Å². The highest BCUT2D eigenvalue weighted by Gasteiger charge is 2.11. The first-order valence-corrected chi connectivity index (χ1v) is 5.61. The molecule has 1 atom stereocenters. The lowest BCUT2D eigenvalue weighted by molar-refractivity contribution is 0.190. The average molecular weight is 210 g/mol. The molecule has 1 aromatic rings. The number of rotatable bonds is 4. The van der Waals surface area contributed by atoms with Gasteiger partial charge in [-0.1, -0.05) is 20.8 Å². The van der Waals surface area contributed by atoms with Crippen LogP contribution in [-0.4, -0.2) is 15.1 Å². The third kappa shape index (κ3) is 4.47. The van der Waals surface area contributed by atoms with Gasteiger partial charge in [0.25, 0.3) is 0 Å². The van der Waals surface area contributed by atoms with E-state index < -0.39 is 6.10 Å². The summed E-state index contributed by atoms with van der Waals surface area (Å²) in [6, 6.07) is 0. The zero-order chi connectivity index (χ0) is 11.5. The summed E-state index contributed by atoms with van der Waals surface area (Å²) in [6.07, 6.45) is 4.73. The molecule has 0 spiro atoms. The molecule has 0 saturated carbocycles. The van der Waals surface area contributed by atoms with Gasteiger partial charge in [-0.05, 0) is 31.6 Å². The van der Waals surface area contributed by atoms with E-state index >= 15 is 0 Å². The number of aliphatic hydroxyl groups is 1. The molecule has 0 radical (unpaired) electrons. The Morgan fingerprint density at radius 3 is 2.60 bits per heavy atom. The second-order valence-electron chi connectivity index (χ2n) is 5.37. The number of nitrogens with one attached hydrogen (secondary N) is 1. The third-order valence-corrected chi connectivity index (χ3v) is 2.41. The van der Waals surface area contributed by atoms with Crippen molar-refractivity contribution in [3.8, 4) is 0 Å². The largest absolute Gasteiger partial charge is 0.385 e. The van der Waals surface area contributed by atoms with Gasteiger partial charge in [-0.2, -0.15) is 0 Å². The van der Waals surface area contributed by atoms with Gasteiger partial charge >= 0.3 is 0 Å². The molecule has 86 valence electrons. The predicted octanol–water partition coefficient (Wildman–Crippen LogP) is 2.83. The number of hydrogen-bond donors (Lipinski definition) is 2. The van der Waals surface area contributed by atoms with E-state index in [-0.39, 0.29) is 0 Å². The van der Waals surface area contributed by atoms with Crippen LogP contribution in [0.1, 0.15) is 58.2 Å². The van der Waals surface area contributed by atoms with Crippen LogP contribution in [0.25, 0.3) is 0 Å². The summed E-state index contributed by atoms with van der Waals surface area (Å²) in [5.41, 5.74) is 1.44. The van der Waals surface area contributed by atoms with E-state index in [1.165, 1.54) is 6.42 Å². The Balaban J connectivity index is 2.38. The van der Waals surface area contributed by atoms with Crippen molar-refractivity contribution in [3.63, 3.8) is 0 Å². The fourth-order valence-corrected chi connectivity index (χ4v) is 1.52. The lowest BCUT2D eigenvalue weighted by atomic mass is 9.89. The van der Waals surface area contributed by atoms with Crippen LogP contribution in [-0.2, 0) is 6.42 Å². The molecule has 1 unspecified atom stereocenters. The van der Waals surface area contributed by atoms with Crippen LogP contribution < -0.4 is 0 Å². The maximum Gasteiger partial charge on any atom is 0.135 e. The fourth-order valence-electron chi connectivity index (χ4n) is 1.52. The summed E-state index contributed by atoms with van der Waals surface area (Å²) in [5.74, 6) is 0.667. The van der Waals surface area contributed by atoms with Crippen LogP contribution in [0.5, 0.6) is 0 Å². The SMILES string of the molecule is CC(O)c1nc(CCCC(C)(C)C)c[nH]1. The number of hydrogen-bond acceptors (Lipinski definition) is 2. The van der Waals surface area contributed by atoms with Crippen LogP contribution >= 0.6 is 0 Å². The van der Waals surface area contributed by atoms with Crippen LogP contribution in [0.15, 0.2) is 6.20 Å². The number of nitrogens with zero attached hydrogens (tertiary/aromatic N) is 1. The van der Waals surface area contributed by atoms with Gasteiger partial charge in [-0.15, -0.1) is 0 Å². The molecule has 15 heavy (non-hydrogen) atoms. The van der Waals surface area contributed by atoms with E-state index in [0.717, 1.165) is 18.5 Å². The molecule has 0 amide bonds. The summed E-state index contributed by atoms with van der Waals surface area (Å²) in [4.78, 5) is 7.32. The number of imidazole rings is 1. The highest BCUT2D eigenvalue weighted by atomic mass is 16.3. The molecule has 0 aliphatic heterocycles. The second-order valence-corrected chi connectivity index (χ2v) is 5.37. The Morgan fingerprint density at radius 1 is 1.47 bits per heavy atom. The number of aromatic nitrogens is 2. The van der Waals surface area contributed by atoms with Crippen LogP contribution in [0.2, 0.25) is 0 Å². The van der Waals surface area contributed by atoms with Gasteiger partial charge in [0.2, 0.25) is 0 Å². The third-order valence-electron chi connectivity index (χ3n) is 2.41. The standard InChI is InChI=1S/C12H22N2O/c1-9(15)11-13-8-10(14-11)6-5-7-12(2,3)4/h8-9,15H,5-7H2,1-4H3,(H,13,14). The zero-order valence-corrected chi connectivity index (χ0v) is 10.2. The number of aliphatic hydroxyl groups excluding tert-OH is 1. The number of aromatic amines is 1. The molecule has 0 saturated heterocycles. The Morgan fingerprint density at radius 2 is 2.13 bits per heavy atom. The van der Waals surface area contributed by atoms with Gasteiger partial charge in [0.1, 0.15) is 11.9 Å². The first-order valence-electron chi connectivity index (χ1n) is 5.61. The fraction of sp³-hybridized carbons (Fsp3) is 0.750. The van der Waals surface area contributed by atoms with Gasteiger partial charge in [-0.25, -0.2) is 4.98 Å². The molecule has 0 aliphatic carbocycles. The molecule has 1 heterocycles. The highest BCUT2D eigenvalue weighted by Crippen LogP contribution is 2.21. The summed E-state index contributed by atoms with van der Waals surface area (Å²) < 4.78 is 0. The topological polar surface area (TPSA) is 48.9 Å². The first-order chi connectivity index (χ1) is 6.88. The van der Waals surface area contributed by atoms with Crippen molar-refractivity contribution in [2.24, 2.45) is 5.41 Å². The van der Waals surface area contributed by atoms with E-state index in [0.29, 0.717) is 11.2 Å². The number of H-pyrrole nitrogens is 1. The first kappa shape index (κ1) is 12.2. The maximum absolute atomic E-state index is 9.30. The van der Waals surface area contributed by atoms with Crippen LogP contribution in [0, 0.1) is 5.41 Å². The predicted molar refractivity (Wildman–Crippen MR) is 61.6 cm³/mol.